The number of aromatic nitrogens is 1. The minimum Gasteiger partial charge on any atom is -0.486 e. The predicted molar refractivity (Wildman–Crippen MR) is 97.8 cm³/mol. The molecule has 7 heteroatoms. The van der Waals surface area contributed by atoms with Crippen molar-refractivity contribution in [3.63, 3.8) is 0 Å². The number of rotatable bonds is 6. The summed E-state index contributed by atoms with van der Waals surface area (Å²) in [4.78, 5) is 27.6. The molecule has 4 rings (SSSR count). The van der Waals surface area contributed by atoms with Gasteiger partial charge in [-0.2, -0.15) is 0 Å². The fourth-order valence-electron chi connectivity index (χ4n) is 2.80. The van der Waals surface area contributed by atoms with E-state index < -0.39 is 10.9 Å². The molecule has 0 bridgehead atoms. The second kappa shape index (κ2) is 6.87. The third kappa shape index (κ3) is 3.11. The van der Waals surface area contributed by atoms with E-state index in [-0.39, 0.29) is 6.10 Å². The number of benzene rings is 1. The molecule has 1 aliphatic rings. The van der Waals surface area contributed by atoms with Gasteiger partial charge in [-0.15, -0.1) is 0 Å². The molecule has 0 radical (unpaired) electrons. The van der Waals surface area contributed by atoms with Gasteiger partial charge in [0.15, 0.2) is 11.5 Å². The van der Waals surface area contributed by atoms with Crippen molar-refractivity contribution in [2.45, 2.75) is 12.6 Å². The number of nitrogens with zero attached hydrogens (tertiary/aromatic N) is 1. The van der Waals surface area contributed by atoms with Gasteiger partial charge in [-0.25, -0.2) is 0 Å². The minimum atomic E-state index is -0.514. The predicted octanol–water partition coefficient (Wildman–Crippen LogP) is 1.54. The van der Waals surface area contributed by atoms with E-state index in [1.165, 1.54) is 0 Å². The van der Waals surface area contributed by atoms with Crippen molar-refractivity contribution in [1.29, 1.82) is 0 Å². The lowest BCUT2D eigenvalue weighted by molar-refractivity contribution is 0.0997. The molecule has 3 aromatic rings. The van der Waals surface area contributed by atoms with E-state index in [0.29, 0.717) is 42.6 Å². The summed E-state index contributed by atoms with van der Waals surface area (Å²) in [6, 6.07) is 11.1. The zero-order chi connectivity index (χ0) is 17.9. The number of pyridine rings is 1. The Kier molecular flexibility index (Phi) is 4.27. The van der Waals surface area contributed by atoms with Crippen LogP contribution in [-0.4, -0.2) is 24.2 Å². The van der Waals surface area contributed by atoms with Crippen molar-refractivity contribution in [1.82, 2.24) is 4.98 Å². The summed E-state index contributed by atoms with van der Waals surface area (Å²) in [5, 5.41) is 6.03. The largest absolute Gasteiger partial charge is 0.486 e. The first kappa shape index (κ1) is 16.1. The first-order chi connectivity index (χ1) is 12.7. The molecule has 7 nitrogen and oxygen atoms in total. The summed E-state index contributed by atoms with van der Waals surface area (Å²) in [5.74, 6) is 1.38. The Bertz CT molecular complexity index is 980. The van der Waals surface area contributed by atoms with Crippen molar-refractivity contribution in [2.24, 2.45) is 0 Å². The average molecular weight is 351 g/mol. The lowest BCUT2D eigenvalue weighted by Crippen LogP contribution is -2.41. The molecule has 1 aliphatic heterocycles. The topological polar surface area (TPSA) is 89.6 Å². The van der Waals surface area contributed by atoms with E-state index in [9.17, 15) is 9.59 Å². The van der Waals surface area contributed by atoms with Crippen LogP contribution in [0.5, 0.6) is 11.5 Å². The summed E-state index contributed by atoms with van der Waals surface area (Å²) in [6.07, 6.45) is 3.11. The normalized spacial score (nSPS) is 15.6. The number of hydrogen-bond donors (Lipinski definition) is 2. The van der Waals surface area contributed by atoms with Gasteiger partial charge < -0.3 is 20.1 Å². The van der Waals surface area contributed by atoms with Crippen LogP contribution in [0.1, 0.15) is 5.56 Å². The Balaban J connectivity index is 1.38. The van der Waals surface area contributed by atoms with Crippen molar-refractivity contribution >= 4 is 11.4 Å². The average Bonchev–Trinajstić information content (AvgIpc) is 2.70. The number of para-hydroxylation sites is 2. The van der Waals surface area contributed by atoms with Crippen LogP contribution in [0.25, 0.3) is 0 Å². The second-order valence-electron chi connectivity index (χ2n) is 6.00. The highest BCUT2D eigenvalue weighted by Gasteiger charge is 2.24. The maximum Gasteiger partial charge on any atom is 0.253 e. The molecule has 1 aromatic heterocycles. The van der Waals surface area contributed by atoms with Gasteiger partial charge in [-0.3, -0.25) is 14.6 Å². The molecule has 1 unspecified atom stereocenters. The first-order valence-electron chi connectivity index (χ1n) is 8.31. The molecular formula is C19H17N3O4. The summed E-state index contributed by atoms with van der Waals surface area (Å²) in [7, 11) is 0. The van der Waals surface area contributed by atoms with Crippen LogP contribution in [0, 0.1) is 0 Å². The molecule has 2 N–H and O–H groups in total. The highest BCUT2D eigenvalue weighted by molar-refractivity contribution is 5.74. The summed E-state index contributed by atoms with van der Waals surface area (Å²) >= 11 is 0. The highest BCUT2D eigenvalue weighted by Crippen LogP contribution is 2.31. The van der Waals surface area contributed by atoms with Crippen LogP contribution in [0.4, 0.5) is 11.4 Å². The van der Waals surface area contributed by atoms with Gasteiger partial charge in [-0.1, -0.05) is 12.1 Å². The van der Waals surface area contributed by atoms with E-state index in [0.717, 1.165) is 5.56 Å². The molecule has 0 saturated heterocycles. The molecule has 1 atom stereocenters. The van der Waals surface area contributed by atoms with Gasteiger partial charge in [-0.05, 0) is 29.8 Å². The van der Waals surface area contributed by atoms with E-state index in [1.807, 2.05) is 36.4 Å². The van der Waals surface area contributed by atoms with E-state index in [4.69, 9.17) is 9.47 Å². The SMILES string of the molecule is O=c1c(NCc2ccncc2)c(NCC2COc3ccccc3O2)c1=O. The summed E-state index contributed by atoms with van der Waals surface area (Å²) in [5.41, 5.74) is 0.558. The van der Waals surface area contributed by atoms with Crippen LogP contribution < -0.4 is 31.0 Å². The van der Waals surface area contributed by atoms with Crippen molar-refractivity contribution in [3.05, 3.63) is 74.8 Å². The second-order valence-corrected chi connectivity index (χ2v) is 6.00. The monoisotopic (exact) mass is 351 g/mol. The van der Waals surface area contributed by atoms with Crippen LogP contribution in [0.15, 0.2) is 58.4 Å². The number of nitrogens with one attached hydrogen (secondary N) is 2. The maximum absolute atomic E-state index is 11.9. The Morgan fingerprint density at radius 3 is 2.42 bits per heavy atom. The highest BCUT2D eigenvalue weighted by atomic mass is 16.6. The third-order valence-corrected chi connectivity index (χ3v) is 4.20. The van der Waals surface area contributed by atoms with Gasteiger partial charge in [0.2, 0.25) is 0 Å². The quantitative estimate of drug-likeness (QED) is 0.651. The summed E-state index contributed by atoms with van der Waals surface area (Å²) < 4.78 is 11.5. The molecule has 0 amide bonds. The standard InChI is InChI=1S/C19H17N3O4/c23-18-16(21-9-12-5-7-20-8-6-12)17(19(18)24)22-10-13-11-25-14-3-1-2-4-15(14)26-13/h1-8,13,21-22H,9-11H2. The molecule has 26 heavy (non-hydrogen) atoms. The lowest BCUT2D eigenvalue weighted by Gasteiger charge is -2.27. The first-order valence-corrected chi connectivity index (χ1v) is 8.31. The molecule has 0 aliphatic carbocycles. The molecule has 0 saturated carbocycles. The molecule has 2 heterocycles. The van der Waals surface area contributed by atoms with Gasteiger partial charge in [0.1, 0.15) is 24.1 Å². The third-order valence-electron chi connectivity index (χ3n) is 4.20. The maximum atomic E-state index is 11.9. The van der Waals surface area contributed by atoms with E-state index in [2.05, 4.69) is 15.6 Å². The lowest BCUT2D eigenvalue weighted by atomic mass is 10.1. The number of anilines is 2. The van der Waals surface area contributed by atoms with Gasteiger partial charge in [0.05, 0.1) is 6.54 Å². The smallest absolute Gasteiger partial charge is 0.253 e. The molecule has 0 spiro atoms. The van der Waals surface area contributed by atoms with Crippen LogP contribution in [0.2, 0.25) is 0 Å². The van der Waals surface area contributed by atoms with Gasteiger partial charge in [0.25, 0.3) is 10.9 Å². The van der Waals surface area contributed by atoms with Gasteiger partial charge >= 0.3 is 0 Å². The molecule has 132 valence electrons. The van der Waals surface area contributed by atoms with E-state index in [1.54, 1.807) is 12.4 Å². The molecule has 2 aromatic carbocycles. The van der Waals surface area contributed by atoms with Crippen molar-refractivity contribution in [3.8, 4) is 11.5 Å². The number of hydrogen-bond acceptors (Lipinski definition) is 7. The Morgan fingerprint density at radius 2 is 1.65 bits per heavy atom. The molecule has 0 fully saturated rings. The van der Waals surface area contributed by atoms with Crippen LogP contribution in [0.3, 0.4) is 0 Å². The Hall–Kier alpha value is -3.35. The number of ether oxygens (including phenoxy) is 2. The summed E-state index contributed by atoms with van der Waals surface area (Å²) in [6.45, 7) is 1.18. The van der Waals surface area contributed by atoms with Crippen LogP contribution in [-0.2, 0) is 6.54 Å². The molecular weight excluding hydrogens is 334 g/mol. The Morgan fingerprint density at radius 1 is 0.962 bits per heavy atom. The fourth-order valence-corrected chi connectivity index (χ4v) is 2.80. The van der Waals surface area contributed by atoms with Crippen LogP contribution >= 0.6 is 0 Å². The Labute approximate surface area is 149 Å². The fraction of sp³-hybridized carbons (Fsp3) is 0.211. The zero-order valence-electron chi connectivity index (χ0n) is 13.9. The van der Waals surface area contributed by atoms with Gasteiger partial charge in [0, 0.05) is 18.9 Å². The number of fused-ring (bicyclic) bond motifs is 1. The zero-order valence-corrected chi connectivity index (χ0v) is 13.9. The van der Waals surface area contributed by atoms with Crippen molar-refractivity contribution < 1.29 is 9.47 Å². The van der Waals surface area contributed by atoms with Crippen molar-refractivity contribution in [2.75, 3.05) is 23.8 Å². The van der Waals surface area contributed by atoms with E-state index >= 15 is 0 Å². The minimum absolute atomic E-state index is 0.248.